The summed E-state index contributed by atoms with van der Waals surface area (Å²) >= 11 is 0. The van der Waals surface area contributed by atoms with Gasteiger partial charge in [-0.15, -0.1) is 0 Å². The number of amides is 1. The summed E-state index contributed by atoms with van der Waals surface area (Å²) in [5.74, 6) is -0.232. The predicted molar refractivity (Wildman–Crippen MR) is 393 cm³/mol. The summed E-state index contributed by atoms with van der Waals surface area (Å²) in [5.41, 5.74) is 0. The van der Waals surface area contributed by atoms with Crippen molar-refractivity contribution < 1.29 is 89.4 Å². The van der Waals surface area contributed by atoms with Gasteiger partial charge in [0.1, 0.15) is 73.2 Å². The van der Waals surface area contributed by atoms with Gasteiger partial charge in [-0.1, -0.05) is 354 Å². The van der Waals surface area contributed by atoms with Crippen LogP contribution in [0.2, 0.25) is 0 Å². The van der Waals surface area contributed by atoms with Crippen LogP contribution in [-0.4, -0.2) is 193 Å². The molecule has 0 bridgehead atoms. The Morgan fingerprint density at radius 2 is 0.576 bits per heavy atom. The van der Waals surface area contributed by atoms with Crippen LogP contribution in [0.1, 0.15) is 373 Å². The number of carbonyl (C=O) groups is 1. The molecular weight excluding hydrogens is 1260 g/mol. The lowest BCUT2D eigenvalue weighted by Gasteiger charge is -2.48. The van der Waals surface area contributed by atoms with Gasteiger partial charge in [-0.05, 0) is 12.8 Å². The van der Waals surface area contributed by atoms with Gasteiger partial charge in [0.25, 0.3) is 0 Å². The predicted octanol–water partition coefficient (Wildman–Crippen LogP) is 14.2. The van der Waals surface area contributed by atoms with Gasteiger partial charge in [0, 0.05) is 6.42 Å². The van der Waals surface area contributed by atoms with Crippen LogP contribution >= 0.6 is 0 Å². The maximum atomic E-state index is 13.5. The van der Waals surface area contributed by atoms with Crippen LogP contribution in [0, 0.1) is 0 Å². The quantitative estimate of drug-likeness (QED) is 0.0252. The molecule has 17 unspecified atom stereocenters. The maximum Gasteiger partial charge on any atom is 0.220 e. The number of nitrogens with one attached hydrogen (secondary N) is 1. The molecule has 17 atom stereocenters. The molecule has 0 aromatic heterocycles. The lowest BCUT2D eigenvalue weighted by Crippen LogP contribution is -2.66. The normalized spacial score (nSPS) is 26.5. The number of aliphatic hydroxyl groups excluding tert-OH is 11. The molecule has 99 heavy (non-hydrogen) atoms. The molecule has 0 aromatic carbocycles. The second kappa shape index (κ2) is 61.9. The molecule has 3 rings (SSSR count). The Bertz CT molecular complexity index is 1790. The summed E-state index contributed by atoms with van der Waals surface area (Å²) in [6.45, 7) is 1.88. The van der Waals surface area contributed by atoms with E-state index in [0.29, 0.717) is 12.8 Å². The minimum absolute atomic E-state index is 0.232. The van der Waals surface area contributed by atoms with Crippen molar-refractivity contribution in [2.45, 2.75) is 478 Å². The first kappa shape index (κ1) is 92.0. The van der Waals surface area contributed by atoms with Crippen LogP contribution < -0.4 is 5.32 Å². The molecule has 1 amide bonds. The molecule has 0 spiro atoms. The van der Waals surface area contributed by atoms with E-state index >= 15 is 0 Å². The number of unbranched alkanes of at least 4 members (excludes halogenated alkanes) is 52. The lowest BCUT2D eigenvalue weighted by molar-refractivity contribution is -0.379. The summed E-state index contributed by atoms with van der Waals surface area (Å²) in [5, 5.41) is 121. The van der Waals surface area contributed by atoms with E-state index in [9.17, 15) is 61.0 Å². The van der Waals surface area contributed by atoms with Crippen molar-refractivity contribution in [3.63, 3.8) is 0 Å². The highest BCUT2D eigenvalue weighted by Gasteiger charge is 2.54. The topological polar surface area (TPSA) is 307 Å². The smallest absolute Gasteiger partial charge is 0.220 e. The lowest BCUT2D eigenvalue weighted by atomic mass is 9.96. The Morgan fingerprint density at radius 1 is 0.323 bits per heavy atom. The fourth-order valence-electron chi connectivity index (χ4n) is 14.7. The number of ether oxygens (including phenoxy) is 6. The zero-order valence-corrected chi connectivity index (χ0v) is 63.0. The van der Waals surface area contributed by atoms with E-state index in [-0.39, 0.29) is 18.9 Å². The van der Waals surface area contributed by atoms with E-state index < -0.39 is 124 Å². The fraction of sp³-hybridized carbons (Fsp3) is 0.988. The van der Waals surface area contributed by atoms with Gasteiger partial charge in [0.05, 0.1) is 38.6 Å². The van der Waals surface area contributed by atoms with E-state index in [1.165, 1.54) is 295 Å². The first-order chi connectivity index (χ1) is 48.3. The van der Waals surface area contributed by atoms with Gasteiger partial charge in [-0.3, -0.25) is 4.79 Å². The molecule has 0 saturated carbocycles. The maximum absolute atomic E-state index is 13.5. The molecule has 0 aromatic rings. The van der Waals surface area contributed by atoms with Crippen LogP contribution in [0.5, 0.6) is 0 Å². The Balaban J connectivity index is 1.34. The molecule has 3 fully saturated rings. The third-order valence-electron chi connectivity index (χ3n) is 21.4. The molecule has 0 aliphatic carbocycles. The molecule has 588 valence electrons. The molecule has 0 radical (unpaired) electrons. The summed E-state index contributed by atoms with van der Waals surface area (Å²) in [6, 6.07) is -0.883. The van der Waals surface area contributed by atoms with Gasteiger partial charge >= 0.3 is 0 Å². The second-order valence-corrected chi connectivity index (χ2v) is 30.3. The SMILES string of the molecule is CCCCCCCCCCCCCCCCCCCCCCCCCCCCCCCCCC(=O)NC(COC1OC(CO)C(OC2OC(CO)C(OC3OC(CO)C(O)C(O)C3O)C(O)C2O)C(O)C1O)C(O)CCCCCCCCCCCCCCCCCCCCCCCCC. The van der Waals surface area contributed by atoms with E-state index in [2.05, 4.69) is 19.2 Å². The Hall–Kier alpha value is -1.21. The largest absolute Gasteiger partial charge is 0.394 e. The number of aliphatic hydroxyl groups is 11. The highest BCUT2D eigenvalue weighted by atomic mass is 16.8. The van der Waals surface area contributed by atoms with E-state index in [1.54, 1.807) is 0 Å². The van der Waals surface area contributed by atoms with Crippen molar-refractivity contribution >= 4 is 5.91 Å². The Kier molecular flexibility index (Phi) is 57.5. The number of hydrogen-bond donors (Lipinski definition) is 12. The van der Waals surface area contributed by atoms with E-state index in [0.717, 1.165) is 44.9 Å². The number of rotatable bonds is 68. The van der Waals surface area contributed by atoms with Crippen molar-refractivity contribution in [2.24, 2.45) is 0 Å². The minimum atomic E-state index is -1.97. The zero-order chi connectivity index (χ0) is 71.8. The van der Waals surface area contributed by atoms with Crippen molar-refractivity contribution in [1.29, 1.82) is 0 Å². The average molecular weight is 1420 g/mol. The molecule has 3 heterocycles. The molecule has 3 aliphatic rings. The highest BCUT2D eigenvalue weighted by molar-refractivity contribution is 5.76. The van der Waals surface area contributed by atoms with Gasteiger partial charge < -0.3 is 89.9 Å². The highest BCUT2D eigenvalue weighted by Crippen LogP contribution is 2.34. The average Bonchev–Trinajstić information content (AvgIpc) is 0.577. The van der Waals surface area contributed by atoms with Crippen molar-refractivity contribution in [3.05, 3.63) is 0 Å². The van der Waals surface area contributed by atoms with Crippen LogP contribution in [0.15, 0.2) is 0 Å². The Morgan fingerprint density at radius 3 is 0.879 bits per heavy atom. The molecular formula is C80H155NO18. The summed E-state index contributed by atoms with van der Waals surface area (Å²) in [4.78, 5) is 13.5. The molecule has 19 heteroatoms. The first-order valence-electron chi connectivity index (χ1n) is 41.8. The third-order valence-corrected chi connectivity index (χ3v) is 21.4. The van der Waals surface area contributed by atoms with Crippen molar-refractivity contribution in [1.82, 2.24) is 5.32 Å². The standard InChI is InChI=1S/C80H155NO18/c1-3-5-7-9-11-13-15-17-19-21-23-25-27-28-29-30-31-32-33-34-36-38-40-42-44-46-48-50-52-54-56-58-68(86)81-63(64(85)57-55-53-51-49-47-45-43-41-39-37-35-26-24-22-20-18-16-14-12-10-8-6-4-2)62-94-78-74(92)71(89)76(66(60-83)96-78)99-80-75(93)72(90)77(67(61-84)97-80)98-79-73(91)70(88)69(87)65(59-82)95-79/h63-67,69-80,82-85,87-93H,3-62H2,1-2H3,(H,81,86). The monoisotopic (exact) mass is 1420 g/mol. The number of carbonyl (C=O) groups excluding carboxylic acids is 1. The van der Waals surface area contributed by atoms with E-state index in [4.69, 9.17) is 28.4 Å². The minimum Gasteiger partial charge on any atom is -0.394 e. The van der Waals surface area contributed by atoms with Crippen LogP contribution in [0.25, 0.3) is 0 Å². The van der Waals surface area contributed by atoms with Crippen molar-refractivity contribution in [2.75, 3.05) is 26.4 Å². The molecule has 12 N–H and O–H groups in total. The van der Waals surface area contributed by atoms with Crippen LogP contribution in [0.4, 0.5) is 0 Å². The summed E-state index contributed by atoms with van der Waals surface area (Å²) < 4.78 is 34.6. The zero-order valence-electron chi connectivity index (χ0n) is 63.0. The second-order valence-electron chi connectivity index (χ2n) is 30.3. The summed E-state index contributed by atoms with van der Waals surface area (Å²) in [6.07, 6.45) is 44.9. The molecule has 19 nitrogen and oxygen atoms in total. The first-order valence-corrected chi connectivity index (χ1v) is 41.8. The third kappa shape index (κ3) is 42.1. The van der Waals surface area contributed by atoms with E-state index in [1.807, 2.05) is 0 Å². The fourth-order valence-corrected chi connectivity index (χ4v) is 14.7. The van der Waals surface area contributed by atoms with Gasteiger partial charge in [-0.2, -0.15) is 0 Å². The van der Waals surface area contributed by atoms with Crippen molar-refractivity contribution in [3.8, 4) is 0 Å². The van der Waals surface area contributed by atoms with Crippen LogP contribution in [0.3, 0.4) is 0 Å². The molecule has 3 aliphatic heterocycles. The number of hydrogen-bond acceptors (Lipinski definition) is 18. The van der Waals surface area contributed by atoms with Gasteiger partial charge in [0.2, 0.25) is 5.91 Å². The summed E-state index contributed by atoms with van der Waals surface area (Å²) in [7, 11) is 0. The molecule has 3 saturated heterocycles. The van der Waals surface area contributed by atoms with Crippen LogP contribution in [-0.2, 0) is 33.2 Å². The van der Waals surface area contributed by atoms with Gasteiger partial charge in [0.15, 0.2) is 18.9 Å². The Labute approximate surface area is 602 Å². The van der Waals surface area contributed by atoms with Gasteiger partial charge in [-0.25, -0.2) is 0 Å².